The fraction of sp³-hybridized carbons (Fsp3) is 0.0556. The van der Waals surface area contributed by atoms with Crippen molar-refractivity contribution >= 4 is 17.0 Å². The lowest BCUT2D eigenvalue weighted by molar-refractivity contribution is 0.618. The average molecular weight is 262 g/mol. The van der Waals surface area contributed by atoms with Crippen molar-refractivity contribution in [1.29, 1.82) is 0 Å². The monoisotopic (exact) mass is 262 g/mol. The Hall–Kier alpha value is -2.61. The predicted molar refractivity (Wildman–Crippen MR) is 82.6 cm³/mol. The molecular formula is C18H14O2. The second-order valence-electron chi connectivity index (χ2n) is 4.56. The van der Waals surface area contributed by atoms with Crippen LogP contribution in [0.5, 0.6) is 0 Å². The zero-order valence-electron chi connectivity index (χ0n) is 11.2. The van der Waals surface area contributed by atoms with Crippen molar-refractivity contribution in [2.45, 2.75) is 6.92 Å². The first-order valence-corrected chi connectivity index (χ1v) is 6.54. The quantitative estimate of drug-likeness (QED) is 0.681. The topological polar surface area (TPSA) is 30.2 Å². The molecule has 0 spiro atoms. The molecule has 3 aromatic rings. The summed E-state index contributed by atoms with van der Waals surface area (Å²) < 4.78 is 5.96. The van der Waals surface area contributed by atoms with Crippen LogP contribution in [-0.2, 0) is 0 Å². The van der Waals surface area contributed by atoms with Gasteiger partial charge in [0.25, 0.3) is 0 Å². The van der Waals surface area contributed by atoms with Gasteiger partial charge in [-0.3, -0.25) is 4.79 Å². The third-order valence-corrected chi connectivity index (χ3v) is 3.19. The minimum Gasteiger partial charge on any atom is -0.455 e. The standard InChI is InChI=1S/C18H14O2/c1-2-7-14-10-6-11-15-16(19)12-17(20-18(14)15)13-8-4-3-5-9-13/h2-12H,1H3. The van der Waals surface area contributed by atoms with E-state index in [1.54, 1.807) is 12.1 Å². The molecule has 0 bridgehead atoms. The lowest BCUT2D eigenvalue weighted by atomic mass is 10.1. The van der Waals surface area contributed by atoms with Gasteiger partial charge in [0, 0.05) is 17.2 Å². The summed E-state index contributed by atoms with van der Waals surface area (Å²) in [6.45, 7) is 1.94. The summed E-state index contributed by atoms with van der Waals surface area (Å²) in [6, 6.07) is 16.8. The van der Waals surface area contributed by atoms with E-state index in [1.165, 1.54) is 0 Å². The van der Waals surface area contributed by atoms with E-state index >= 15 is 0 Å². The third-order valence-electron chi connectivity index (χ3n) is 3.19. The predicted octanol–water partition coefficient (Wildman–Crippen LogP) is 4.49. The molecule has 0 saturated heterocycles. The summed E-state index contributed by atoms with van der Waals surface area (Å²) in [6.07, 6.45) is 3.88. The molecule has 0 N–H and O–H groups in total. The van der Waals surface area contributed by atoms with Gasteiger partial charge >= 0.3 is 0 Å². The van der Waals surface area contributed by atoms with E-state index < -0.39 is 0 Å². The van der Waals surface area contributed by atoms with Crippen LogP contribution in [0.15, 0.2) is 69.9 Å². The summed E-state index contributed by atoms with van der Waals surface area (Å²) in [4.78, 5) is 12.2. The molecule has 0 aliphatic carbocycles. The molecule has 0 aliphatic rings. The maximum atomic E-state index is 12.2. The highest BCUT2D eigenvalue weighted by molar-refractivity contribution is 5.86. The van der Waals surface area contributed by atoms with Crippen molar-refractivity contribution in [1.82, 2.24) is 0 Å². The second kappa shape index (κ2) is 5.17. The lowest BCUT2D eigenvalue weighted by Gasteiger charge is -2.05. The molecule has 98 valence electrons. The average Bonchev–Trinajstić information content (AvgIpc) is 2.49. The summed E-state index contributed by atoms with van der Waals surface area (Å²) in [7, 11) is 0. The maximum absolute atomic E-state index is 12.2. The van der Waals surface area contributed by atoms with Gasteiger partial charge in [-0.05, 0) is 13.0 Å². The largest absolute Gasteiger partial charge is 0.455 e. The fourth-order valence-corrected chi connectivity index (χ4v) is 2.25. The van der Waals surface area contributed by atoms with Crippen LogP contribution >= 0.6 is 0 Å². The molecule has 3 rings (SSSR count). The van der Waals surface area contributed by atoms with Crippen molar-refractivity contribution in [2.24, 2.45) is 0 Å². The van der Waals surface area contributed by atoms with Crippen LogP contribution in [0.1, 0.15) is 12.5 Å². The Morgan fingerprint density at radius 2 is 1.80 bits per heavy atom. The molecule has 0 fully saturated rings. The smallest absolute Gasteiger partial charge is 0.193 e. The molecule has 2 aromatic carbocycles. The summed E-state index contributed by atoms with van der Waals surface area (Å²) in [5.74, 6) is 0.597. The first-order chi connectivity index (χ1) is 9.79. The first-order valence-electron chi connectivity index (χ1n) is 6.54. The van der Waals surface area contributed by atoms with E-state index in [-0.39, 0.29) is 5.43 Å². The summed E-state index contributed by atoms with van der Waals surface area (Å²) in [5, 5.41) is 0.611. The Morgan fingerprint density at radius 3 is 2.55 bits per heavy atom. The number of rotatable bonds is 2. The normalized spacial score (nSPS) is 11.2. The highest BCUT2D eigenvalue weighted by atomic mass is 16.3. The molecule has 2 heteroatoms. The van der Waals surface area contributed by atoms with Gasteiger partial charge in [-0.15, -0.1) is 0 Å². The van der Waals surface area contributed by atoms with Crippen molar-refractivity contribution in [3.63, 3.8) is 0 Å². The van der Waals surface area contributed by atoms with Crippen molar-refractivity contribution in [2.75, 3.05) is 0 Å². The van der Waals surface area contributed by atoms with Crippen molar-refractivity contribution in [3.8, 4) is 11.3 Å². The van der Waals surface area contributed by atoms with Crippen molar-refractivity contribution < 1.29 is 4.42 Å². The number of hydrogen-bond acceptors (Lipinski definition) is 2. The highest BCUT2D eigenvalue weighted by Crippen LogP contribution is 2.24. The van der Waals surface area contributed by atoms with Gasteiger partial charge in [-0.25, -0.2) is 0 Å². The molecule has 0 aliphatic heterocycles. The minimum absolute atomic E-state index is 0.0172. The molecule has 0 radical (unpaired) electrons. The second-order valence-corrected chi connectivity index (χ2v) is 4.56. The number of para-hydroxylation sites is 1. The van der Waals surface area contributed by atoms with E-state index in [9.17, 15) is 4.79 Å². The van der Waals surface area contributed by atoms with Crippen LogP contribution in [-0.4, -0.2) is 0 Å². The minimum atomic E-state index is -0.0172. The Bertz CT molecular complexity index is 827. The zero-order chi connectivity index (χ0) is 13.9. The van der Waals surface area contributed by atoms with Crippen LogP contribution in [0.2, 0.25) is 0 Å². The number of benzene rings is 2. The van der Waals surface area contributed by atoms with E-state index in [0.717, 1.165) is 11.1 Å². The van der Waals surface area contributed by atoms with Gasteiger partial charge in [0.1, 0.15) is 11.3 Å². The maximum Gasteiger partial charge on any atom is 0.193 e. The van der Waals surface area contributed by atoms with Crippen LogP contribution in [0.25, 0.3) is 28.4 Å². The first kappa shape index (κ1) is 12.4. The number of hydrogen-bond donors (Lipinski definition) is 0. The van der Waals surface area contributed by atoms with Crippen LogP contribution in [0.3, 0.4) is 0 Å². The Kier molecular flexibility index (Phi) is 3.21. The Balaban J connectivity index is 2.33. The number of fused-ring (bicyclic) bond motifs is 1. The fourth-order valence-electron chi connectivity index (χ4n) is 2.25. The molecule has 20 heavy (non-hydrogen) atoms. The van der Waals surface area contributed by atoms with Gasteiger partial charge in [0.05, 0.1) is 5.39 Å². The molecule has 0 unspecified atom stereocenters. The van der Waals surface area contributed by atoms with Crippen LogP contribution in [0, 0.1) is 0 Å². The van der Waals surface area contributed by atoms with E-state index in [1.807, 2.05) is 61.5 Å². The molecule has 0 amide bonds. The molecule has 2 nitrogen and oxygen atoms in total. The number of allylic oxidation sites excluding steroid dienone is 1. The van der Waals surface area contributed by atoms with E-state index in [2.05, 4.69) is 0 Å². The Morgan fingerprint density at radius 1 is 1.00 bits per heavy atom. The SMILES string of the molecule is CC=Cc1cccc2c(=O)cc(-c3ccccc3)oc12. The van der Waals surface area contributed by atoms with Gasteiger partial charge in [0.15, 0.2) is 5.43 Å². The van der Waals surface area contributed by atoms with Crippen LogP contribution < -0.4 is 5.43 Å². The van der Waals surface area contributed by atoms with Gasteiger partial charge in [-0.1, -0.05) is 54.6 Å². The molecule has 1 heterocycles. The molecular weight excluding hydrogens is 248 g/mol. The third kappa shape index (κ3) is 2.16. The lowest BCUT2D eigenvalue weighted by Crippen LogP contribution is -2.01. The summed E-state index contributed by atoms with van der Waals surface area (Å²) in [5.41, 5.74) is 2.44. The molecule has 0 saturated carbocycles. The highest BCUT2D eigenvalue weighted by Gasteiger charge is 2.08. The summed E-state index contributed by atoms with van der Waals surface area (Å²) >= 11 is 0. The van der Waals surface area contributed by atoms with E-state index in [4.69, 9.17) is 4.42 Å². The van der Waals surface area contributed by atoms with Crippen LogP contribution in [0.4, 0.5) is 0 Å². The van der Waals surface area contributed by atoms with Gasteiger partial charge in [0.2, 0.25) is 0 Å². The van der Waals surface area contributed by atoms with Crippen molar-refractivity contribution in [3.05, 3.63) is 76.5 Å². The van der Waals surface area contributed by atoms with Gasteiger partial charge < -0.3 is 4.42 Å². The zero-order valence-corrected chi connectivity index (χ0v) is 11.2. The van der Waals surface area contributed by atoms with Gasteiger partial charge in [-0.2, -0.15) is 0 Å². The van der Waals surface area contributed by atoms with E-state index in [0.29, 0.717) is 16.7 Å². The molecule has 0 atom stereocenters. The Labute approximate surface area is 117 Å². The molecule has 1 aromatic heterocycles.